The summed E-state index contributed by atoms with van der Waals surface area (Å²) < 4.78 is 35.5. The van der Waals surface area contributed by atoms with Crippen molar-refractivity contribution in [2.75, 3.05) is 27.9 Å². The summed E-state index contributed by atoms with van der Waals surface area (Å²) in [6.07, 6.45) is 3.05. The van der Waals surface area contributed by atoms with Gasteiger partial charge in [-0.1, -0.05) is 30.4 Å². The van der Waals surface area contributed by atoms with E-state index in [4.69, 9.17) is 33.5 Å². The van der Waals surface area contributed by atoms with Gasteiger partial charge in [0.2, 0.25) is 0 Å². The standard InChI is InChI=1S/C32H35NO11/c1-19-14-29(27(40-3)16-23(19)33(37)38)43-25-17-28(41-4)26(39-2)15-22(25)32-42-18-20(10-6-5-7-13-30(35)36)31(44-32)21-11-8-9-12-24(21)34/h5-6,8-9,11-12,14-17,20,31-32,34H,7,10,13,18H2,1-4H3,(H,35,36)/b6-5+/t20-,31+,32+/m1/s1. The third-order valence-corrected chi connectivity index (χ3v) is 7.20. The Morgan fingerprint density at radius 1 is 0.977 bits per heavy atom. The van der Waals surface area contributed by atoms with Crippen molar-refractivity contribution in [2.45, 2.75) is 38.6 Å². The zero-order valence-electron chi connectivity index (χ0n) is 24.8. The molecule has 12 heteroatoms. The summed E-state index contributed by atoms with van der Waals surface area (Å²) >= 11 is 0. The molecule has 0 aliphatic carbocycles. The van der Waals surface area contributed by atoms with Crippen LogP contribution in [0.4, 0.5) is 5.69 Å². The van der Waals surface area contributed by atoms with Gasteiger partial charge in [-0.3, -0.25) is 14.9 Å². The number of para-hydroxylation sites is 1. The number of aryl methyl sites for hydroxylation is 1. The largest absolute Gasteiger partial charge is 0.508 e. The molecule has 4 rings (SSSR count). The van der Waals surface area contributed by atoms with E-state index < -0.39 is 23.3 Å². The van der Waals surface area contributed by atoms with Crippen LogP contribution in [-0.4, -0.2) is 49.0 Å². The molecule has 12 nitrogen and oxygen atoms in total. The van der Waals surface area contributed by atoms with Crippen LogP contribution in [0.5, 0.6) is 34.5 Å². The van der Waals surface area contributed by atoms with Crippen molar-refractivity contribution >= 4 is 11.7 Å². The van der Waals surface area contributed by atoms with Crippen LogP contribution in [0.15, 0.2) is 60.7 Å². The van der Waals surface area contributed by atoms with Crippen molar-refractivity contribution in [3.05, 3.63) is 87.5 Å². The molecule has 3 atom stereocenters. The fraction of sp³-hybridized carbons (Fsp3) is 0.344. The molecule has 1 saturated heterocycles. The van der Waals surface area contributed by atoms with Crippen LogP contribution in [0.25, 0.3) is 0 Å². The topological polar surface area (TPSA) is 156 Å². The highest BCUT2D eigenvalue weighted by Crippen LogP contribution is 2.48. The number of benzene rings is 3. The molecule has 234 valence electrons. The number of aliphatic carboxylic acids is 1. The summed E-state index contributed by atoms with van der Waals surface area (Å²) in [6.45, 7) is 1.83. The first-order chi connectivity index (χ1) is 21.2. The predicted octanol–water partition coefficient (Wildman–Crippen LogP) is 6.64. The number of phenols is 1. The van der Waals surface area contributed by atoms with E-state index >= 15 is 0 Å². The van der Waals surface area contributed by atoms with Gasteiger partial charge in [0.25, 0.3) is 5.69 Å². The quantitative estimate of drug-likeness (QED) is 0.122. The van der Waals surface area contributed by atoms with Gasteiger partial charge in [0, 0.05) is 29.5 Å². The van der Waals surface area contributed by atoms with Crippen LogP contribution < -0.4 is 18.9 Å². The van der Waals surface area contributed by atoms with Crippen LogP contribution in [0.2, 0.25) is 0 Å². The number of aromatic hydroxyl groups is 1. The molecule has 0 bridgehead atoms. The van der Waals surface area contributed by atoms with Crippen molar-refractivity contribution < 1.29 is 48.4 Å². The predicted molar refractivity (Wildman–Crippen MR) is 159 cm³/mol. The van der Waals surface area contributed by atoms with Gasteiger partial charge in [-0.05, 0) is 38.0 Å². The Balaban J connectivity index is 1.72. The Morgan fingerprint density at radius 3 is 2.32 bits per heavy atom. The summed E-state index contributed by atoms with van der Waals surface area (Å²) in [5, 5.41) is 31.1. The molecule has 0 radical (unpaired) electrons. The van der Waals surface area contributed by atoms with Crippen molar-refractivity contribution in [1.82, 2.24) is 0 Å². The first-order valence-electron chi connectivity index (χ1n) is 13.8. The van der Waals surface area contributed by atoms with Gasteiger partial charge in [-0.25, -0.2) is 0 Å². The lowest BCUT2D eigenvalue weighted by Crippen LogP contribution is -2.30. The molecule has 1 aliphatic rings. The zero-order valence-corrected chi connectivity index (χ0v) is 24.8. The highest BCUT2D eigenvalue weighted by atomic mass is 16.7. The van der Waals surface area contributed by atoms with Crippen LogP contribution in [0, 0.1) is 23.0 Å². The van der Waals surface area contributed by atoms with E-state index in [2.05, 4.69) is 0 Å². The lowest BCUT2D eigenvalue weighted by atomic mass is 9.91. The van der Waals surface area contributed by atoms with Crippen molar-refractivity contribution in [3.8, 4) is 34.5 Å². The molecule has 44 heavy (non-hydrogen) atoms. The molecule has 0 spiro atoms. The third-order valence-electron chi connectivity index (χ3n) is 7.20. The van der Waals surface area contributed by atoms with E-state index in [1.54, 1.807) is 43.3 Å². The molecule has 0 unspecified atom stereocenters. The number of carbonyl (C=O) groups is 1. The number of allylic oxidation sites excluding steroid dienone is 2. The number of hydrogen-bond donors (Lipinski definition) is 2. The summed E-state index contributed by atoms with van der Waals surface area (Å²) in [5.41, 5.74) is 1.27. The second-order valence-electron chi connectivity index (χ2n) is 10.1. The number of phenolic OH excluding ortho intramolecular Hbond substituents is 1. The molecule has 3 aromatic carbocycles. The number of hydrogen-bond acceptors (Lipinski definition) is 10. The van der Waals surface area contributed by atoms with E-state index in [9.17, 15) is 20.0 Å². The molecule has 2 N–H and O–H groups in total. The monoisotopic (exact) mass is 609 g/mol. The maximum Gasteiger partial charge on any atom is 0.303 e. The van der Waals surface area contributed by atoms with Gasteiger partial charge in [0.05, 0.1) is 50.6 Å². The van der Waals surface area contributed by atoms with E-state index in [0.717, 1.165) is 0 Å². The number of nitro benzene ring substituents is 1. The molecule has 3 aromatic rings. The molecular formula is C32H35NO11. The lowest BCUT2D eigenvalue weighted by molar-refractivity contribution is -0.385. The molecule has 0 aromatic heterocycles. The number of carboxylic acids is 1. The first-order valence-corrected chi connectivity index (χ1v) is 13.8. The highest BCUT2D eigenvalue weighted by Gasteiger charge is 2.36. The zero-order chi connectivity index (χ0) is 31.8. The Labute approximate surface area is 254 Å². The SMILES string of the molecule is COc1cc(Oc2cc(C)c([N+](=O)[O-])cc2OC)c([C@H]2OC[C@@H](C/C=C/CCC(=O)O)[C@@H](c3ccccc3O)O2)cc1OC. The minimum Gasteiger partial charge on any atom is -0.508 e. The van der Waals surface area contributed by atoms with Crippen LogP contribution in [-0.2, 0) is 14.3 Å². The Morgan fingerprint density at radius 2 is 1.66 bits per heavy atom. The summed E-state index contributed by atoms with van der Waals surface area (Å²) in [5.74, 6) is 0.371. The molecule has 0 saturated carbocycles. The molecule has 1 fully saturated rings. The van der Waals surface area contributed by atoms with Gasteiger partial charge in [0.15, 0.2) is 29.3 Å². The van der Waals surface area contributed by atoms with E-state index in [1.807, 2.05) is 12.2 Å². The average molecular weight is 610 g/mol. The smallest absolute Gasteiger partial charge is 0.303 e. The second-order valence-corrected chi connectivity index (χ2v) is 10.1. The van der Waals surface area contributed by atoms with E-state index in [0.29, 0.717) is 41.0 Å². The number of ether oxygens (including phenoxy) is 6. The first kappa shape index (κ1) is 32.1. The Kier molecular flexibility index (Phi) is 10.6. The lowest BCUT2D eigenvalue weighted by Gasteiger charge is -2.37. The number of carboxylic acid groups (broad SMARTS) is 1. The minimum atomic E-state index is -0.980. The fourth-order valence-electron chi connectivity index (χ4n) is 4.94. The molecule has 1 aliphatic heterocycles. The Bertz CT molecular complexity index is 1520. The number of nitrogens with zero attached hydrogens (tertiary/aromatic N) is 1. The maximum atomic E-state index is 11.5. The number of nitro groups is 1. The van der Waals surface area contributed by atoms with Crippen LogP contribution in [0.1, 0.15) is 48.3 Å². The van der Waals surface area contributed by atoms with Crippen molar-refractivity contribution in [2.24, 2.45) is 5.92 Å². The van der Waals surface area contributed by atoms with Crippen molar-refractivity contribution in [3.63, 3.8) is 0 Å². The molecular weight excluding hydrogens is 574 g/mol. The summed E-state index contributed by atoms with van der Waals surface area (Å²) in [7, 11) is 4.36. The van der Waals surface area contributed by atoms with Gasteiger partial charge >= 0.3 is 5.97 Å². The van der Waals surface area contributed by atoms with Crippen molar-refractivity contribution in [1.29, 1.82) is 0 Å². The molecule has 1 heterocycles. The summed E-state index contributed by atoms with van der Waals surface area (Å²) in [6, 6.07) is 12.9. The fourth-order valence-corrected chi connectivity index (χ4v) is 4.94. The Hall–Kier alpha value is -4.81. The normalized spacial score (nSPS) is 18.1. The van der Waals surface area contributed by atoms with Gasteiger partial charge in [0.1, 0.15) is 11.5 Å². The van der Waals surface area contributed by atoms with Gasteiger partial charge in [-0.2, -0.15) is 0 Å². The number of methoxy groups -OCH3 is 3. The minimum absolute atomic E-state index is 0.0281. The highest BCUT2D eigenvalue weighted by molar-refractivity contribution is 5.66. The van der Waals surface area contributed by atoms with E-state index in [-0.39, 0.29) is 47.6 Å². The van der Waals surface area contributed by atoms with Gasteiger partial charge in [-0.15, -0.1) is 0 Å². The second kappa shape index (κ2) is 14.6. The summed E-state index contributed by atoms with van der Waals surface area (Å²) in [4.78, 5) is 21.9. The van der Waals surface area contributed by atoms with E-state index in [1.165, 1.54) is 33.5 Å². The van der Waals surface area contributed by atoms with Crippen LogP contribution in [0.3, 0.4) is 0 Å². The maximum absolute atomic E-state index is 11.5. The molecule has 0 amide bonds. The third kappa shape index (κ3) is 7.39. The number of rotatable bonds is 13. The average Bonchev–Trinajstić information content (AvgIpc) is 3.01. The van der Waals surface area contributed by atoms with Gasteiger partial charge < -0.3 is 38.6 Å². The van der Waals surface area contributed by atoms with Crippen LogP contribution >= 0.6 is 0 Å².